The van der Waals surface area contributed by atoms with Crippen molar-refractivity contribution in [1.29, 1.82) is 0 Å². The van der Waals surface area contributed by atoms with Crippen LogP contribution in [0.5, 0.6) is 0 Å². The molecule has 0 aliphatic carbocycles. The van der Waals surface area contributed by atoms with E-state index in [9.17, 15) is 4.79 Å². The molecule has 0 saturated carbocycles. The van der Waals surface area contributed by atoms with Gasteiger partial charge in [-0.2, -0.15) is 0 Å². The smallest absolute Gasteiger partial charge is 0.258 e. The third-order valence-corrected chi connectivity index (χ3v) is 3.14. The molecule has 0 atom stereocenters. The van der Waals surface area contributed by atoms with Crippen LogP contribution >= 0.6 is 0 Å². The zero-order valence-corrected chi connectivity index (χ0v) is 10.2. The maximum Gasteiger partial charge on any atom is 0.258 e. The molecule has 0 unspecified atom stereocenters. The van der Waals surface area contributed by atoms with Crippen LogP contribution in [0.3, 0.4) is 0 Å². The Morgan fingerprint density at radius 2 is 2.28 bits per heavy atom. The average molecular weight is 242 g/mol. The molecule has 5 nitrogen and oxygen atoms in total. The number of nitrogens with one attached hydrogen (secondary N) is 1. The van der Waals surface area contributed by atoms with E-state index in [4.69, 9.17) is 0 Å². The van der Waals surface area contributed by atoms with E-state index in [2.05, 4.69) is 15.3 Å². The fourth-order valence-electron chi connectivity index (χ4n) is 2.18. The summed E-state index contributed by atoms with van der Waals surface area (Å²) in [7, 11) is 0. The number of hydrogen-bond acceptors (Lipinski definition) is 4. The van der Waals surface area contributed by atoms with Crippen LogP contribution in [-0.2, 0) is 6.54 Å². The van der Waals surface area contributed by atoms with Crippen molar-refractivity contribution >= 4 is 5.95 Å². The molecular weight excluding hydrogens is 228 g/mol. The van der Waals surface area contributed by atoms with Gasteiger partial charge in [0, 0.05) is 24.8 Å². The summed E-state index contributed by atoms with van der Waals surface area (Å²) in [5, 5.41) is 3.16. The number of fused-ring (bicyclic) bond motifs is 1. The van der Waals surface area contributed by atoms with Crippen molar-refractivity contribution in [1.82, 2.24) is 14.5 Å². The molecule has 0 spiro atoms. The van der Waals surface area contributed by atoms with E-state index in [0.29, 0.717) is 17.2 Å². The first-order valence-electron chi connectivity index (χ1n) is 6.04. The Hall–Kier alpha value is -2.17. The number of hydrogen-bond donors (Lipinski definition) is 1. The molecule has 1 aliphatic heterocycles. The highest BCUT2D eigenvalue weighted by molar-refractivity contribution is 5.59. The van der Waals surface area contributed by atoms with Crippen molar-refractivity contribution in [3.63, 3.8) is 0 Å². The predicted molar refractivity (Wildman–Crippen MR) is 69.6 cm³/mol. The highest BCUT2D eigenvalue weighted by atomic mass is 16.1. The van der Waals surface area contributed by atoms with Gasteiger partial charge in [-0.05, 0) is 25.5 Å². The van der Waals surface area contributed by atoms with Crippen LogP contribution in [0.25, 0.3) is 11.4 Å². The number of aromatic nitrogens is 3. The van der Waals surface area contributed by atoms with Crippen LogP contribution in [0.15, 0.2) is 29.2 Å². The Labute approximate surface area is 105 Å². The molecule has 0 aromatic carbocycles. The lowest BCUT2D eigenvalue weighted by Crippen LogP contribution is -2.32. The van der Waals surface area contributed by atoms with Gasteiger partial charge in [-0.3, -0.25) is 14.3 Å². The summed E-state index contributed by atoms with van der Waals surface area (Å²) >= 11 is 0. The fourth-order valence-corrected chi connectivity index (χ4v) is 2.18. The maximum atomic E-state index is 12.3. The van der Waals surface area contributed by atoms with E-state index in [1.807, 2.05) is 18.2 Å². The normalized spacial score (nSPS) is 13.8. The van der Waals surface area contributed by atoms with Gasteiger partial charge < -0.3 is 5.32 Å². The molecule has 3 rings (SSSR count). The minimum absolute atomic E-state index is 0.0212. The SMILES string of the molecule is Cc1c(-c2ccccn2)nc2n(c1=O)CCCN2. The molecule has 0 saturated heterocycles. The number of pyridine rings is 1. The molecule has 92 valence electrons. The molecule has 1 N–H and O–H groups in total. The first kappa shape index (κ1) is 11.0. The van der Waals surface area contributed by atoms with Crippen LogP contribution in [-0.4, -0.2) is 21.1 Å². The first-order valence-corrected chi connectivity index (χ1v) is 6.04. The third kappa shape index (κ3) is 1.68. The number of nitrogens with zero attached hydrogens (tertiary/aromatic N) is 3. The van der Waals surface area contributed by atoms with Crippen molar-refractivity contribution < 1.29 is 0 Å². The largest absolute Gasteiger partial charge is 0.355 e. The summed E-state index contributed by atoms with van der Waals surface area (Å²) in [4.78, 5) is 21.1. The van der Waals surface area contributed by atoms with Crippen LogP contribution < -0.4 is 10.9 Å². The zero-order chi connectivity index (χ0) is 12.5. The summed E-state index contributed by atoms with van der Waals surface area (Å²) in [6.45, 7) is 3.40. The molecule has 1 aliphatic rings. The summed E-state index contributed by atoms with van der Waals surface area (Å²) in [5.74, 6) is 0.650. The van der Waals surface area contributed by atoms with Gasteiger partial charge in [-0.15, -0.1) is 0 Å². The second kappa shape index (κ2) is 4.25. The maximum absolute atomic E-state index is 12.3. The summed E-state index contributed by atoms with van der Waals surface area (Å²) in [6.07, 6.45) is 2.66. The molecule has 18 heavy (non-hydrogen) atoms. The van der Waals surface area contributed by atoms with Gasteiger partial charge in [0.2, 0.25) is 5.95 Å². The van der Waals surface area contributed by atoms with Gasteiger partial charge in [0.1, 0.15) is 5.69 Å². The van der Waals surface area contributed by atoms with Crippen LogP contribution in [0, 0.1) is 6.92 Å². The second-order valence-corrected chi connectivity index (χ2v) is 4.36. The highest BCUT2D eigenvalue weighted by Crippen LogP contribution is 2.19. The lowest BCUT2D eigenvalue weighted by Gasteiger charge is -2.20. The van der Waals surface area contributed by atoms with Crippen LogP contribution in [0.2, 0.25) is 0 Å². The summed E-state index contributed by atoms with van der Waals surface area (Å²) in [6, 6.07) is 5.62. The molecule has 3 heterocycles. The molecule has 0 amide bonds. The lowest BCUT2D eigenvalue weighted by molar-refractivity contribution is 0.593. The van der Waals surface area contributed by atoms with E-state index in [-0.39, 0.29) is 5.56 Å². The van der Waals surface area contributed by atoms with E-state index < -0.39 is 0 Å². The first-order chi connectivity index (χ1) is 8.77. The number of anilines is 1. The van der Waals surface area contributed by atoms with Gasteiger partial charge in [-0.1, -0.05) is 6.07 Å². The van der Waals surface area contributed by atoms with Crippen molar-refractivity contribution in [2.24, 2.45) is 0 Å². The molecule has 2 aromatic rings. The summed E-state index contributed by atoms with van der Waals surface area (Å²) < 4.78 is 1.70. The van der Waals surface area contributed by atoms with Crippen LogP contribution in [0.1, 0.15) is 12.0 Å². The van der Waals surface area contributed by atoms with E-state index in [1.54, 1.807) is 17.7 Å². The Kier molecular flexibility index (Phi) is 2.59. The van der Waals surface area contributed by atoms with E-state index >= 15 is 0 Å². The Morgan fingerprint density at radius 3 is 3.06 bits per heavy atom. The topological polar surface area (TPSA) is 59.8 Å². The van der Waals surface area contributed by atoms with Crippen LogP contribution in [0.4, 0.5) is 5.95 Å². The molecule has 0 bridgehead atoms. The van der Waals surface area contributed by atoms with Crippen molar-refractivity contribution in [3.05, 3.63) is 40.3 Å². The monoisotopic (exact) mass is 242 g/mol. The molecule has 0 fully saturated rings. The van der Waals surface area contributed by atoms with Crippen molar-refractivity contribution in [2.45, 2.75) is 19.9 Å². The fraction of sp³-hybridized carbons (Fsp3) is 0.308. The number of rotatable bonds is 1. The zero-order valence-electron chi connectivity index (χ0n) is 10.2. The Bertz CT molecular complexity index is 633. The standard InChI is InChI=1S/C13H14N4O/c1-9-11(10-5-2-3-6-14-10)16-13-15-7-4-8-17(13)12(9)18/h2-3,5-6H,4,7-8H2,1H3,(H,15,16). The summed E-state index contributed by atoms with van der Waals surface area (Å²) in [5.41, 5.74) is 2.08. The Balaban J connectivity index is 2.23. The predicted octanol–water partition coefficient (Wildman–Crippen LogP) is 1.43. The van der Waals surface area contributed by atoms with E-state index in [0.717, 1.165) is 25.2 Å². The molecule has 0 radical (unpaired) electrons. The second-order valence-electron chi connectivity index (χ2n) is 4.36. The minimum Gasteiger partial charge on any atom is -0.355 e. The van der Waals surface area contributed by atoms with Gasteiger partial charge in [0.05, 0.1) is 5.69 Å². The van der Waals surface area contributed by atoms with Crippen molar-refractivity contribution in [3.8, 4) is 11.4 Å². The third-order valence-electron chi connectivity index (χ3n) is 3.14. The van der Waals surface area contributed by atoms with Gasteiger partial charge in [0.15, 0.2) is 0 Å². The van der Waals surface area contributed by atoms with Gasteiger partial charge >= 0.3 is 0 Å². The minimum atomic E-state index is 0.0212. The molecule has 2 aromatic heterocycles. The van der Waals surface area contributed by atoms with E-state index in [1.165, 1.54) is 0 Å². The van der Waals surface area contributed by atoms with Crippen molar-refractivity contribution in [2.75, 3.05) is 11.9 Å². The Morgan fingerprint density at radius 1 is 1.39 bits per heavy atom. The quantitative estimate of drug-likeness (QED) is 0.821. The molecule has 5 heteroatoms. The molecular formula is C13H14N4O. The average Bonchev–Trinajstić information content (AvgIpc) is 2.44. The lowest BCUT2D eigenvalue weighted by atomic mass is 10.1. The van der Waals surface area contributed by atoms with Gasteiger partial charge in [-0.25, -0.2) is 4.98 Å². The van der Waals surface area contributed by atoms with Gasteiger partial charge in [0.25, 0.3) is 5.56 Å². The highest BCUT2D eigenvalue weighted by Gasteiger charge is 2.17.